The summed E-state index contributed by atoms with van der Waals surface area (Å²) in [5, 5.41) is 0. The van der Waals surface area contributed by atoms with E-state index >= 15 is 0 Å². The van der Waals surface area contributed by atoms with Crippen LogP contribution >= 0.6 is 15.9 Å². The average molecular weight is 423 g/mol. The van der Waals surface area contributed by atoms with Crippen molar-refractivity contribution in [2.75, 3.05) is 0 Å². The molecule has 27 heavy (non-hydrogen) atoms. The summed E-state index contributed by atoms with van der Waals surface area (Å²) in [6.07, 6.45) is 6.78. The fourth-order valence-corrected chi connectivity index (χ4v) is 3.88. The minimum atomic E-state index is -0.447. The number of pyridine rings is 3. The zero-order chi connectivity index (χ0) is 18.4. The van der Waals surface area contributed by atoms with Crippen molar-refractivity contribution < 1.29 is 4.39 Å². The molecule has 0 saturated heterocycles. The Balaban J connectivity index is 1.82. The summed E-state index contributed by atoms with van der Waals surface area (Å²) in [6.45, 7) is 0. The van der Waals surface area contributed by atoms with E-state index in [0.717, 1.165) is 44.6 Å². The van der Waals surface area contributed by atoms with Gasteiger partial charge in [0.1, 0.15) is 10.1 Å². The number of aromatic nitrogens is 4. The highest BCUT2D eigenvalue weighted by Crippen LogP contribution is 2.40. The van der Waals surface area contributed by atoms with E-state index in [1.807, 2.05) is 30.3 Å². The standard InChI is InChI=1S/C21H16BrFN4/c22-16-10-13(6-8-25-16)19-18(15-3-1-2-7-24-15)21-20(27-19)14(9-12-4-5-12)11-17(23)26-21/h1-3,6-8,10-12,27H,4-5,9H2. The van der Waals surface area contributed by atoms with Gasteiger partial charge in [-0.15, -0.1) is 0 Å². The number of nitrogens with one attached hydrogen (secondary N) is 1. The first-order valence-electron chi connectivity index (χ1n) is 8.93. The fourth-order valence-electron chi connectivity index (χ4n) is 3.52. The van der Waals surface area contributed by atoms with Crippen LogP contribution in [0.3, 0.4) is 0 Å². The van der Waals surface area contributed by atoms with Crippen LogP contribution in [0.2, 0.25) is 0 Å². The van der Waals surface area contributed by atoms with Crippen molar-refractivity contribution in [3.8, 4) is 22.5 Å². The summed E-state index contributed by atoms with van der Waals surface area (Å²) in [5.41, 5.74) is 5.92. The van der Waals surface area contributed by atoms with E-state index in [1.165, 1.54) is 12.8 Å². The maximum atomic E-state index is 14.4. The zero-order valence-electron chi connectivity index (χ0n) is 14.4. The monoisotopic (exact) mass is 422 g/mol. The lowest BCUT2D eigenvalue weighted by Gasteiger charge is -2.05. The Morgan fingerprint density at radius 1 is 1.11 bits per heavy atom. The van der Waals surface area contributed by atoms with Gasteiger partial charge in [0.25, 0.3) is 0 Å². The molecule has 1 aliphatic rings. The first-order chi connectivity index (χ1) is 13.2. The van der Waals surface area contributed by atoms with Crippen LogP contribution in [0.5, 0.6) is 0 Å². The molecule has 4 aromatic rings. The molecule has 1 saturated carbocycles. The van der Waals surface area contributed by atoms with E-state index in [2.05, 4.69) is 35.9 Å². The van der Waals surface area contributed by atoms with Gasteiger partial charge in [0.2, 0.25) is 5.95 Å². The van der Waals surface area contributed by atoms with Gasteiger partial charge < -0.3 is 4.98 Å². The molecular weight excluding hydrogens is 407 g/mol. The molecule has 1 aliphatic carbocycles. The average Bonchev–Trinajstić information content (AvgIpc) is 3.40. The molecule has 4 aromatic heterocycles. The number of rotatable bonds is 4. The van der Waals surface area contributed by atoms with Crippen molar-refractivity contribution >= 4 is 27.0 Å². The molecule has 4 heterocycles. The summed E-state index contributed by atoms with van der Waals surface area (Å²) in [5.74, 6) is 0.201. The lowest BCUT2D eigenvalue weighted by Crippen LogP contribution is -1.94. The fraction of sp³-hybridized carbons (Fsp3) is 0.190. The van der Waals surface area contributed by atoms with Gasteiger partial charge in [-0.1, -0.05) is 6.07 Å². The highest BCUT2D eigenvalue weighted by atomic mass is 79.9. The lowest BCUT2D eigenvalue weighted by molar-refractivity contribution is 0.586. The normalized spacial score (nSPS) is 14.0. The molecule has 6 heteroatoms. The van der Waals surface area contributed by atoms with Crippen molar-refractivity contribution in [2.24, 2.45) is 5.92 Å². The number of hydrogen-bond acceptors (Lipinski definition) is 3. The smallest absolute Gasteiger partial charge is 0.213 e. The lowest BCUT2D eigenvalue weighted by atomic mass is 10.0. The van der Waals surface area contributed by atoms with Crippen molar-refractivity contribution in [2.45, 2.75) is 19.3 Å². The van der Waals surface area contributed by atoms with E-state index in [0.29, 0.717) is 11.4 Å². The Kier molecular flexibility index (Phi) is 4.01. The summed E-state index contributed by atoms with van der Waals surface area (Å²) in [4.78, 5) is 16.5. The largest absolute Gasteiger partial charge is 0.352 e. The Morgan fingerprint density at radius 3 is 2.74 bits per heavy atom. The van der Waals surface area contributed by atoms with Crippen LogP contribution in [-0.2, 0) is 6.42 Å². The quantitative estimate of drug-likeness (QED) is 0.439. The van der Waals surface area contributed by atoms with Crippen LogP contribution in [0.25, 0.3) is 33.5 Å². The molecule has 1 N–H and O–H groups in total. The third-order valence-corrected chi connectivity index (χ3v) is 5.38. The Labute approximate surface area is 164 Å². The van der Waals surface area contributed by atoms with Crippen LogP contribution in [0.1, 0.15) is 18.4 Å². The minimum absolute atomic E-state index is 0.447. The van der Waals surface area contributed by atoms with E-state index in [9.17, 15) is 4.39 Å². The Hall–Kier alpha value is -2.60. The molecule has 4 nitrogen and oxygen atoms in total. The number of fused-ring (bicyclic) bond motifs is 1. The third-order valence-electron chi connectivity index (χ3n) is 4.95. The van der Waals surface area contributed by atoms with Crippen LogP contribution in [0.4, 0.5) is 4.39 Å². The van der Waals surface area contributed by atoms with Crippen LogP contribution in [-0.4, -0.2) is 19.9 Å². The van der Waals surface area contributed by atoms with Gasteiger partial charge in [-0.05, 0) is 77.0 Å². The number of nitrogens with zero attached hydrogens (tertiary/aromatic N) is 3. The van der Waals surface area contributed by atoms with Crippen LogP contribution < -0.4 is 0 Å². The van der Waals surface area contributed by atoms with Gasteiger partial charge in [0.05, 0.1) is 22.5 Å². The number of hydrogen-bond donors (Lipinski definition) is 1. The van der Waals surface area contributed by atoms with Crippen molar-refractivity contribution in [3.63, 3.8) is 0 Å². The molecule has 5 rings (SSSR count). The topological polar surface area (TPSA) is 54.5 Å². The van der Waals surface area contributed by atoms with E-state index in [-0.39, 0.29) is 0 Å². The number of H-pyrrole nitrogens is 1. The molecule has 1 fully saturated rings. The van der Waals surface area contributed by atoms with Crippen molar-refractivity contribution in [3.05, 3.63) is 64.9 Å². The van der Waals surface area contributed by atoms with Crippen molar-refractivity contribution in [1.82, 2.24) is 19.9 Å². The molecule has 134 valence electrons. The first kappa shape index (κ1) is 16.6. The third kappa shape index (κ3) is 3.14. The van der Waals surface area contributed by atoms with Crippen LogP contribution in [0.15, 0.2) is 53.4 Å². The number of halogens is 2. The molecular formula is C21H16BrFN4. The first-order valence-corrected chi connectivity index (χ1v) is 9.73. The van der Waals surface area contributed by atoms with Gasteiger partial charge in [-0.2, -0.15) is 4.39 Å². The predicted octanol–water partition coefficient (Wildman–Crippen LogP) is 5.54. The second-order valence-corrected chi connectivity index (χ2v) is 7.74. The maximum absolute atomic E-state index is 14.4. The SMILES string of the molecule is Fc1cc(CC2CC2)c2[nH]c(-c3ccnc(Br)c3)c(-c3ccccn3)c2n1. The van der Waals surface area contributed by atoms with Gasteiger partial charge >= 0.3 is 0 Å². The highest BCUT2D eigenvalue weighted by Gasteiger charge is 2.26. The van der Waals surface area contributed by atoms with Crippen LogP contribution in [0, 0.1) is 11.9 Å². The second-order valence-electron chi connectivity index (χ2n) is 6.93. The molecule has 0 unspecified atom stereocenters. The zero-order valence-corrected chi connectivity index (χ0v) is 16.0. The molecule has 0 aromatic carbocycles. The summed E-state index contributed by atoms with van der Waals surface area (Å²) >= 11 is 3.43. The van der Waals surface area contributed by atoms with Gasteiger partial charge in [-0.3, -0.25) is 4.98 Å². The Bertz CT molecular complexity index is 1140. The molecule has 0 radical (unpaired) electrons. The minimum Gasteiger partial charge on any atom is -0.352 e. The van der Waals surface area contributed by atoms with E-state index < -0.39 is 5.95 Å². The molecule has 0 spiro atoms. The van der Waals surface area contributed by atoms with Gasteiger partial charge in [-0.25, -0.2) is 9.97 Å². The molecule has 0 aliphatic heterocycles. The van der Waals surface area contributed by atoms with E-state index in [4.69, 9.17) is 0 Å². The summed E-state index contributed by atoms with van der Waals surface area (Å²) in [7, 11) is 0. The summed E-state index contributed by atoms with van der Waals surface area (Å²) in [6, 6.07) is 11.2. The van der Waals surface area contributed by atoms with Gasteiger partial charge in [0.15, 0.2) is 0 Å². The predicted molar refractivity (Wildman–Crippen MR) is 107 cm³/mol. The maximum Gasteiger partial charge on any atom is 0.213 e. The highest BCUT2D eigenvalue weighted by molar-refractivity contribution is 9.10. The molecule has 0 amide bonds. The van der Waals surface area contributed by atoms with Crippen molar-refractivity contribution in [1.29, 1.82) is 0 Å². The number of aromatic amines is 1. The van der Waals surface area contributed by atoms with Gasteiger partial charge in [0, 0.05) is 18.0 Å². The second kappa shape index (κ2) is 6.53. The van der Waals surface area contributed by atoms with E-state index in [1.54, 1.807) is 18.5 Å². The Morgan fingerprint density at radius 2 is 2.00 bits per heavy atom. The molecule has 0 atom stereocenters. The molecule has 0 bridgehead atoms. The summed E-state index contributed by atoms with van der Waals surface area (Å²) < 4.78 is 15.1.